The lowest BCUT2D eigenvalue weighted by molar-refractivity contribution is -0.398. The molecule has 0 aromatic rings. The first-order chi connectivity index (χ1) is 53.8. The van der Waals surface area contributed by atoms with Crippen LogP contribution in [0.4, 0.5) is 0 Å². The summed E-state index contributed by atoms with van der Waals surface area (Å²) < 4.78 is 102. The molecule has 0 aromatic heterocycles. The number of carbonyl (C=O) groups is 5. The Labute approximate surface area is 646 Å². The zero-order valence-corrected chi connectivity index (χ0v) is 61.9. The van der Waals surface area contributed by atoms with E-state index in [4.69, 9.17) is 80.5 Å². The van der Waals surface area contributed by atoms with E-state index in [2.05, 4.69) is 26.6 Å². The topological polar surface area (TPSA) is 768 Å². The molecule has 0 saturated carbocycles. The minimum Gasteiger partial charge on any atom is -0.394 e. The summed E-state index contributed by atoms with van der Waals surface area (Å²) in [5.41, 5.74) is 0. The van der Waals surface area contributed by atoms with E-state index in [1.54, 1.807) is 0 Å². The fourth-order valence-electron chi connectivity index (χ4n) is 14.7. The standard InChI is InChI=1S/C64H107N5O45/c1-15-34(81)45(92)48(95)61(100-15)98-14-28-52(42(89)29(56(97)101-28)65-16(2)76)110-59-32(68-19(5)79)44(91)51(26(12-75)106-59)111-62-49(96)53(39(86)27(108-62)13-99-63-54(46(93)37(84)23(9-72)104-63)113-58-31(67-18(4)78)41(88)36(83)22(8-71)103-58)112-64-55(47(94)38(85)24(10-73)105-64)114-60-33(69-20(6)80)43(90)50(25(11-74)107-60)109-57-30(66-17(3)77)40(87)35(82)21(7-70)102-57/h15,21-64,70-75,81-97H,7-14H2,1-6H3,(H,65,76)(H,66,77)(H,67,78)(H,68,79)(H,69,80)/t15-,21+,22+,23+,24+,25+,26+,27+,28+,29+,30+,31+,32+,33+,34+,35-,36+,37+,38+,39+,40+,41+,42+,43+,44+,45+,46-,47-,48-,49-,50+,51+,52+,53-,54-,55-,56?,57-,58-,59-,60-,61+,62-,63-,64+/m0/s1. The number of hydrogen-bond acceptors (Lipinski definition) is 45. The molecule has 658 valence electrons. The highest BCUT2D eigenvalue weighted by atomic mass is 16.8. The molecule has 0 spiro atoms. The lowest BCUT2D eigenvalue weighted by Gasteiger charge is -2.51. The van der Waals surface area contributed by atoms with Crippen LogP contribution in [0.1, 0.15) is 41.5 Å². The van der Waals surface area contributed by atoms with Crippen LogP contribution >= 0.6 is 0 Å². The molecule has 0 bridgehead atoms. The number of rotatable bonds is 29. The average Bonchev–Trinajstić information content (AvgIpc) is 0.766. The molecule has 9 aliphatic rings. The summed E-state index contributed by atoms with van der Waals surface area (Å²) in [6.45, 7) is -2.37. The number of hydrogen-bond donors (Lipinski definition) is 28. The third-order valence-corrected chi connectivity index (χ3v) is 20.7. The van der Waals surface area contributed by atoms with Crippen molar-refractivity contribution in [2.24, 2.45) is 0 Å². The largest absolute Gasteiger partial charge is 0.394 e. The van der Waals surface area contributed by atoms with Gasteiger partial charge in [0.2, 0.25) is 29.5 Å². The van der Waals surface area contributed by atoms with Crippen LogP contribution in [0.25, 0.3) is 0 Å². The van der Waals surface area contributed by atoms with Crippen LogP contribution in [0.5, 0.6) is 0 Å². The number of ether oxygens (including phenoxy) is 17. The predicted molar refractivity (Wildman–Crippen MR) is 354 cm³/mol. The van der Waals surface area contributed by atoms with E-state index in [0.717, 1.165) is 34.6 Å². The van der Waals surface area contributed by atoms with Crippen molar-refractivity contribution in [3.8, 4) is 0 Å². The van der Waals surface area contributed by atoms with Gasteiger partial charge in [0.15, 0.2) is 56.6 Å². The maximum atomic E-state index is 13.2. The van der Waals surface area contributed by atoms with Gasteiger partial charge in [0.25, 0.3) is 0 Å². The van der Waals surface area contributed by atoms with Gasteiger partial charge in [-0.15, -0.1) is 0 Å². The Morgan fingerprint density at radius 3 is 0.956 bits per heavy atom. The van der Waals surface area contributed by atoms with E-state index < -0.39 is 358 Å². The summed E-state index contributed by atoms with van der Waals surface area (Å²) in [5, 5.41) is 269. The Kier molecular flexibility index (Phi) is 33.6. The van der Waals surface area contributed by atoms with Gasteiger partial charge in [0, 0.05) is 34.6 Å². The van der Waals surface area contributed by atoms with Crippen molar-refractivity contribution in [1.82, 2.24) is 26.6 Å². The van der Waals surface area contributed by atoms with Crippen LogP contribution in [-0.4, -0.2) is 476 Å². The Morgan fingerprint density at radius 1 is 0.246 bits per heavy atom. The molecule has 9 heterocycles. The molecule has 45 atom stereocenters. The minimum absolute atomic E-state index is 0.806. The van der Waals surface area contributed by atoms with Crippen molar-refractivity contribution in [2.75, 3.05) is 52.9 Å². The monoisotopic (exact) mass is 1670 g/mol. The second-order valence-corrected chi connectivity index (χ2v) is 28.9. The Balaban J connectivity index is 1.06. The van der Waals surface area contributed by atoms with Gasteiger partial charge >= 0.3 is 0 Å². The van der Waals surface area contributed by atoms with Crippen LogP contribution in [0.3, 0.4) is 0 Å². The molecular weight excluding hydrogens is 1560 g/mol. The molecule has 0 aromatic carbocycles. The molecule has 50 heteroatoms. The Morgan fingerprint density at radius 2 is 0.544 bits per heavy atom. The Hall–Kier alpha value is -4.25. The molecular formula is C64H107N5O45. The maximum absolute atomic E-state index is 13.2. The molecule has 9 aliphatic heterocycles. The molecule has 9 saturated heterocycles. The zero-order chi connectivity index (χ0) is 84.1. The first-order valence-electron chi connectivity index (χ1n) is 36.5. The van der Waals surface area contributed by atoms with Gasteiger partial charge in [0.1, 0.15) is 213 Å². The van der Waals surface area contributed by atoms with Crippen LogP contribution in [0.15, 0.2) is 0 Å². The average molecular weight is 1670 g/mol. The van der Waals surface area contributed by atoms with Crippen LogP contribution < -0.4 is 26.6 Å². The molecule has 114 heavy (non-hydrogen) atoms. The van der Waals surface area contributed by atoms with E-state index in [1.165, 1.54) is 6.92 Å². The van der Waals surface area contributed by atoms with Gasteiger partial charge in [-0.05, 0) is 6.92 Å². The molecule has 9 fully saturated rings. The number of aliphatic hydroxyl groups is 23. The summed E-state index contributed by atoms with van der Waals surface area (Å²) in [6, 6.07) is -9.09. The van der Waals surface area contributed by atoms with E-state index in [0.29, 0.717) is 0 Å². The van der Waals surface area contributed by atoms with E-state index in [1.807, 2.05) is 0 Å². The van der Waals surface area contributed by atoms with Crippen molar-refractivity contribution < 1.29 is 222 Å². The summed E-state index contributed by atoms with van der Waals surface area (Å²) in [4.78, 5) is 63.5. The van der Waals surface area contributed by atoms with Crippen LogP contribution in [-0.2, 0) is 104 Å². The van der Waals surface area contributed by atoms with Crippen molar-refractivity contribution in [2.45, 2.75) is 318 Å². The minimum atomic E-state index is -2.58. The highest BCUT2D eigenvalue weighted by molar-refractivity contribution is 5.75. The molecule has 0 aliphatic carbocycles. The van der Waals surface area contributed by atoms with Gasteiger partial charge in [-0.3, -0.25) is 24.0 Å². The zero-order valence-electron chi connectivity index (χ0n) is 61.9. The van der Waals surface area contributed by atoms with Gasteiger partial charge in [-0.1, -0.05) is 0 Å². The summed E-state index contributed by atoms with van der Waals surface area (Å²) >= 11 is 0. The Bertz CT molecular complexity index is 3080. The molecule has 1 unspecified atom stereocenters. The number of amides is 5. The highest BCUT2D eigenvalue weighted by Crippen LogP contribution is 2.40. The summed E-state index contributed by atoms with van der Waals surface area (Å²) in [5.74, 6) is -4.41. The lowest BCUT2D eigenvalue weighted by Crippen LogP contribution is -2.71. The smallest absolute Gasteiger partial charge is 0.217 e. The molecule has 0 radical (unpaired) electrons. The first-order valence-corrected chi connectivity index (χ1v) is 36.5. The predicted octanol–water partition coefficient (Wildman–Crippen LogP) is -18.9. The van der Waals surface area contributed by atoms with Gasteiger partial charge in [-0.25, -0.2) is 0 Å². The van der Waals surface area contributed by atoms with Crippen LogP contribution in [0, 0.1) is 0 Å². The third-order valence-electron chi connectivity index (χ3n) is 20.7. The quantitative estimate of drug-likeness (QED) is 0.0331. The van der Waals surface area contributed by atoms with Gasteiger partial charge in [-0.2, -0.15) is 0 Å². The van der Waals surface area contributed by atoms with Crippen molar-refractivity contribution in [3.63, 3.8) is 0 Å². The number of nitrogens with one attached hydrogen (secondary N) is 5. The summed E-state index contributed by atoms with van der Waals surface area (Å²) in [6.07, 6.45) is -81.2. The van der Waals surface area contributed by atoms with E-state index >= 15 is 0 Å². The van der Waals surface area contributed by atoms with Crippen molar-refractivity contribution in [3.05, 3.63) is 0 Å². The van der Waals surface area contributed by atoms with Gasteiger partial charge < -0.3 is 225 Å². The summed E-state index contributed by atoms with van der Waals surface area (Å²) in [7, 11) is 0. The fraction of sp³-hybridized carbons (Fsp3) is 0.922. The number of carbonyl (C=O) groups excluding carboxylic acids is 5. The SMILES string of the molecule is CC(=O)N[C@H]1[C@H](O[C@H]2[C@H](O)[C@@H](NC(C)=O)C(O)O[C@@H]2CO[C@@H]2O[C@@H](C)[C@@H](O)[C@@H](O)[C@@H]2O)O[C@H](CO)[C@@H](O[C@@H]2O[C@H](CO[C@H]3O[C@H](CO)[C@@H](O)[C@H](O)[C@@H]3O[C@@H]3O[C@H](CO)[C@@H](O)[C@H](O)[C@H]3NC(C)=O)[C@@H](O)[C@H](O[C@H]3O[C@H](CO)[C@@H](O)[C@H](O)[C@@H]3O[C@@H]3O[C@H](CO)[C@@H](O[C@@H]4O[C@H](CO)[C@H](O)[C@H](O)[C@H]4NC(C)=O)[C@H](O)[C@H]3NC(C)=O)[C@@H]2O)[C@@H]1O. The van der Waals surface area contributed by atoms with Crippen molar-refractivity contribution >= 4 is 29.5 Å². The second-order valence-electron chi connectivity index (χ2n) is 28.9. The van der Waals surface area contributed by atoms with Crippen molar-refractivity contribution in [1.29, 1.82) is 0 Å². The lowest BCUT2D eigenvalue weighted by atomic mass is 9.93. The normalized spacial score (nSPS) is 48.2. The van der Waals surface area contributed by atoms with E-state index in [9.17, 15) is 141 Å². The first kappa shape index (κ1) is 93.6. The highest BCUT2D eigenvalue weighted by Gasteiger charge is 2.61. The van der Waals surface area contributed by atoms with Gasteiger partial charge in [0.05, 0.1) is 59.0 Å². The maximum Gasteiger partial charge on any atom is 0.217 e. The third kappa shape index (κ3) is 21.0. The molecule has 50 nitrogen and oxygen atoms in total. The van der Waals surface area contributed by atoms with E-state index in [-0.39, 0.29) is 0 Å². The molecule has 5 amide bonds. The van der Waals surface area contributed by atoms with Crippen LogP contribution in [0.2, 0.25) is 0 Å². The second kappa shape index (κ2) is 40.9. The molecule has 9 rings (SSSR count). The molecule has 28 N–H and O–H groups in total. The number of aliphatic hydroxyl groups excluding tert-OH is 23. The fourth-order valence-corrected chi connectivity index (χ4v) is 14.7.